The second kappa shape index (κ2) is 7.67. The molecule has 0 unspecified atom stereocenters. The molecule has 3 rings (SSSR count). The Morgan fingerprint density at radius 3 is 1.88 bits per heavy atom. The van der Waals surface area contributed by atoms with E-state index in [1.807, 2.05) is 11.7 Å². The molecule has 0 fully saturated rings. The van der Waals surface area contributed by atoms with E-state index in [0.29, 0.717) is 0 Å². The molecule has 0 aliphatic heterocycles. The Kier molecular flexibility index (Phi) is 5.36. The van der Waals surface area contributed by atoms with Crippen LogP contribution in [0.1, 0.15) is 22.4 Å². The van der Waals surface area contributed by atoms with Gasteiger partial charge in [0.15, 0.2) is 0 Å². The van der Waals surface area contributed by atoms with E-state index in [4.69, 9.17) is 0 Å². The molecule has 3 nitrogen and oxygen atoms in total. The molecule has 0 N–H and O–H groups in total. The van der Waals surface area contributed by atoms with E-state index in [1.165, 1.54) is 22.5 Å². The van der Waals surface area contributed by atoms with Crippen molar-refractivity contribution in [2.45, 2.75) is 25.3 Å². The lowest BCUT2D eigenvalue weighted by Gasteiger charge is -2.26. The highest BCUT2D eigenvalue weighted by molar-refractivity contribution is 9.08. The number of benzene rings is 2. The molecule has 4 heteroatoms. The summed E-state index contributed by atoms with van der Waals surface area (Å²) in [4.78, 5) is 2.40. The van der Waals surface area contributed by atoms with E-state index >= 15 is 0 Å². The van der Waals surface area contributed by atoms with Gasteiger partial charge in [-0.05, 0) is 18.1 Å². The molecular weight excluding hydrogens is 362 g/mol. The first-order valence-corrected chi connectivity index (χ1v) is 9.22. The Labute approximate surface area is 152 Å². The third-order valence-corrected chi connectivity index (χ3v) is 4.74. The van der Waals surface area contributed by atoms with Crippen molar-refractivity contribution in [3.05, 3.63) is 83.0 Å². The Morgan fingerprint density at radius 2 is 1.42 bits per heavy atom. The average molecular weight is 384 g/mol. The van der Waals surface area contributed by atoms with E-state index < -0.39 is 0 Å². The molecule has 3 aromatic rings. The van der Waals surface area contributed by atoms with E-state index in [2.05, 4.69) is 93.5 Å². The largest absolute Gasteiger partial charge is 0.348 e. The van der Waals surface area contributed by atoms with Gasteiger partial charge in [0.25, 0.3) is 0 Å². The Bertz CT molecular complexity index is 740. The minimum atomic E-state index is 0.808. The Hall–Kier alpha value is -2.07. The number of nitrogens with zero attached hydrogens (tertiary/aromatic N) is 3. The number of hydrogen-bond donors (Lipinski definition) is 0. The van der Waals surface area contributed by atoms with Crippen molar-refractivity contribution in [2.24, 2.45) is 7.05 Å². The molecule has 0 radical (unpaired) electrons. The van der Waals surface area contributed by atoms with Gasteiger partial charge < -0.3 is 4.90 Å². The number of rotatable bonds is 6. The Balaban J connectivity index is 1.98. The van der Waals surface area contributed by atoms with Gasteiger partial charge in [0.05, 0.1) is 5.69 Å². The number of alkyl halides is 1. The van der Waals surface area contributed by atoms with Crippen LogP contribution in [-0.4, -0.2) is 9.78 Å². The molecule has 0 spiro atoms. The molecule has 0 saturated heterocycles. The SMILES string of the molecule is Cc1nn(C)c(N(Cc2ccccc2)Cc2ccccc2)c1CBr. The van der Waals surface area contributed by atoms with Gasteiger partial charge in [0.1, 0.15) is 5.82 Å². The highest BCUT2D eigenvalue weighted by Gasteiger charge is 2.19. The number of halogens is 1. The van der Waals surface area contributed by atoms with Crippen LogP contribution < -0.4 is 4.90 Å². The van der Waals surface area contributed by atoms with Crippen molar-refractivity contribution in [3.8, 4) is 0 Å². The average Bonchev–Trinajstić information content (AvgIpc) is 2.89. The molecule has 1 heterocycles. The fourth-order valence-corrected chi connectivity index (χ4v) is 3.71. The minimum absolute atomic E-state index is 0.808. The first-order chi connectivity index (χ1) is 11.7. The van der Waals surface area contributed by atoms with Gasteiger partial charge in [-0.25, -0.2) is 0 Å². The quantitative estimate of drug-likeness (QED) is 0.568. The summed E-state index contributed by atoms with van der Waals surface area (Å²) in [6.07, 6.45) is 0. The van der Waals surface area contributed by atoms with Crippen LogP contribution in [0.3, 0.4) is 0 Å². The highest BCUT2D eigenvalue weighted by Crippen LogP contribution is 2.28. The smallest absolute Gasteiger partial charge is 0.131 e. The standard InChI is InChI=1S/C20H22BrN3/c1-16-19(13-21)20(23(2)22-16)24(14-17-9-5-3-6-10-17)15-18-11-7-4-8-12-18/h3-12H,13-15H2,1-2H3. The summed E-state index contributed by atoms with van der Waals surface area (Å²) in [6.45, 7) is 3.78. The van der Waals surface area contributed by atoms with Crippen molar-refractivity contribution in [2.75, 3.05) is 4.90 Å². The molecule has 0 bridgehead atoms. The van der Waals surface area contributed by atoms with E-state index in [0.717, 1.165) is 24.1 Å². The molecule has 0 amide bonds. The summed E-state index contributed by atoms with van der Waals surface area (Å²) in [7, 11) is 2.03. The maximum Gasteiger partial charge on any atom is 0.131 e. The maximum atomic E-state index is 4.63. The zero-order valence-corrected chi connectivity index (χ0v) is 15.7. The summed E-state index contributed by atoms with van der Waals surface area (Å²) in [5.74, 6) is 1.18. The summed E-state index contributed by atoms with van der Waals surface area (Å²) in [6, 6.07) is 21.2. The molecule has 0 atom stereocenters. The third kappa shape index (κ3) is 3.70. The molecule has 124 valence electrons. The zero-order chi connectivity index (χ0) is 16.9. The van der Waals surface area contributed by atoms with Crippen molar-refractivity contribution in [3.63, 3.8) is 0 Å². The molecule has 0 saturated carbocycles. The van der Waals surface area contributed by atoms with E-state index in [9.17, 15) is 0 Å². The fraction of sp³-hybridized carbons (Fsp3) is 0.250. The van der Waals surface area contributed by atoms with E-state index in [-0.39, 0.29) is 0 Å². The molecule has 0 aliphatic carbocycles. The molecular formula is C20H22BrN3. The van der Waals surface area contributed by atoms with Crippen molar-refractivity contribution in [1.29, 1.82) is 0 Å². The third-order valence-electron chi connectivity index (χ3n) is 4.18. The lowest BCUT2D eigenvalue weighted by atomic mass is 10.1. The summed E-state index contributed by atoms with van der Waals surface area (Å²) in [5.41, 5.74) is 4.93. The van der Waals surface area contributed by atoms with Crippen LogP contribution >= 0.6 is 15.9 Å². The summed E-state index contributed by atoms with van der Waals surface area (Å²) in [5, 5.41) is 5.44. The molecule has 1 aromatic heterocycles. The second-order valence-electron chi connectivity index (χ2n) is 5.97. The molecule has 0 aliphatic rings. The van der Waals surface area contributed by atoms with Gasteiger partial charge in [0, 0.05) is 31.0 Å². The number of hydrogen-bond acceptors (Lipinski definition) is 2. The predicted molar refractivity (Wildman–Crippen MR) is 103 cm³/mol. The topological polar surface area (TPSA) is 21.1 Å². The van der Waals surface area contributed by atoms with Gasteiger partial charge >= 0.3 is 0 Å². The first kappa shape index (κ1) is 16.8. The van der Waals surface area contributed by atoms with Gasteiger partial charge in [-0.15, -0.1) is 0 Å². The van der Waals surface area contributed by atoms with Crippen LogP contribution in [0.25, 0.3) is 0 Å². The monoisotopic (exact) mass is 383 g/mol. The number of aromatic nitrogens is 2. The van der Waals surface area contributed by atoms with Gasteiger partial charge in [-0.3, -0.25) is 4.68 Å². The normalized spacial score (nSPS) is 10.8. The van der Waals surface area contributed by atoms with Crippen LogP contribution in [0.2, 0.25) is 0 Å². The zero-order valence-electron chi connectivity index (χ0n) is 14.1. The highest BCUT2D eigenvalue weighted by atomic mass is 79.9. The lowest BCUT2D eigenvalue weighted by Crippen LogP contribution is -2.25. The Morgan fingerprint density at radius 1 is 0.917 bits per heavy atom. The fourth-order valence-electron chi connectivity index (χ4n) is 3.06. The van der Waals surface area contributed by atoms with Crippen molar-refractivity contribution >= 4 is 21.7 Å². The predicted octanol–water partition coefficient (Wildman–Crippen LogP) is 4.83. The van der Waals surface area contributed by atoms with E-state index in [1.54, 1.807) is 0 Å². The van der Waals surface area contributed by atoms with Gasteiger partial charge in [-0.1, -0.05) is 76.6 Å². The first-order valence-electron chi connectivity index (χ1n) is 8.10. The maximum absolute atomic E-state index is 4.63. The van der Waals surface area contributed by atoms with Crippen LogP contribution in [0.5, 0.6) is 0 Å². The second-order valence-corrected chi connectivity index (χ2v) is 6.53. The van der Waals surface area contributed by atoms with Gasteiger partial charge in [0.2, 0.25) is 0 Å². The number of aryl methyl sites for hydroxylation is 2. The van der Waals surface area contributed by atoms with Crippen LogP contribution in [-0.2, 0) is 25.5 Å². The lowest BCUT2D eigenvalue weighted by molar-refractivity contribution is 0.692. The van der Waals surface area contributed by atoms with Crippen LogP contribution in [0.4, 0.5) is 5.82 Å². The van der Waals surface area contributed by atoms with Crippen LogP contribution in [0.15, 0.2) is 60.7 Å². The van der Waals surface area contributed by atoms with Crippen molar-refractivity contribution < 1.29 is 0 Å². The summed E-state index contributed by atoms with van der Waals surface area (Å²) < 4.78 is 2.00. The van der Waals surface area contributed by atoms with Crippen molar-refractivity contribution in [1.82, 2.24) is 9.78 Å². The molecule has 24 heavy (non-hydrogen) atoms. The van der Waals surface area contributed by atoms with Crippen LogP contribution in [0, 0.1) is 6.92 Å². The summed E-state index contributed by atoms with van der Waals surface area (Å²) >= 11 is 3.63. The number of anilines is 1. The van der Waals surface area contributed by atoms with Gasteiger partial charge in [-0.2, -0.15) is 5.10 Å². The minimum Gasteiger partial charge on any atom is -0.348 e. The molecule has 2 aromatic carbocycles.